The number of nitrogens with zero attached hydrogens (tertiary/aromatic N) is 1. The fourth-order valence-electron chi connectivity index (χ4n) is 3.52. The van der Waals surface area contributed by atoms with Crippen LogP contribution in [0.15, 0.2) is 0 Å². The van der Waals surface area contributed by atoms with Crippen molar-refractivity contribution in [1.29, 1.82) is 0 Å². The van der Waals surface area contributed by atoms with Crippen molar-refractivity contribution < 1.29 is 14.1 Å². The molecule has 116 valence electrons. The van der Waals surface area contributed by atoms with E-state index in [2.05, 4.69) is 13.8 Å². The normalized spacial score (nSPS) is 28.6. The summed E-state index contributed by atoms with van der Waals surface area (Å²) in [5.41, 5.74) is -0.783. The molecule has 0 aromatic heterocycles. The van der Waals surface area contributed by atoms with Gasteiger partial charge in [-0.2, -0.15) is 0 Å². The summed E-state index contributed by atoms with van der Waals surface area (Å²) >= 11 is 0. The van der Waals surface area contributed by atoms with E-state index in [1.165, 1.54) is 0 Å². The Bertz CT molecular complexity index is 387. The first-order chi connectivity index (χ1) is 9.45. The van der Waals surface area contributed by atoms with Gasteiger partial charge < -0.3 is 10.0 Å². The molecule has 5 heteroatoms. The molecular formula is C15H27NO3S. The molecule has 1 saturated heterocycles. The molecule has 1 heterocycles. The summed E-state index contributed by atoms with van der Waals surface area (Å²) in [5, 5.41) is 10.4. The molecule has 1 aliphatic heterocycles. The van der Waals surface area contributed by atoms with Crippen LogP contribution in [0, 0.1) is 0 Å². The average molecular weight is 301 g/mol. The fourth-order valence-corrected chi connectivity index (χ4v) is 5.28. The minimum absolute atomic E-state index is 0.0392. The monoisotopic (exact) mass is 301 g/mol. The second kappa shape index (κ2) is 6.14. The number of carbonyl (C=O) groups excluding carboxylic acids is 1. The van der Waals surface area contributed by atoms with Crippen LogP contribution in [0.5, 0.6) is 0 Å². The number of amides is 1. The first-order valence-electron chi connectivity index (χ1n) is 7.83. The van der Waals surface area contributed by atoms with E-state index in [0.29, 0.717) is 18.8 Å². The van der Waals surface area contributed by atoms with Crippen LogP contribution in [0.25, 0.3) is 0 Å². The fraction of sp³-hybridized carbons (Fsp3) is 0.933. The van der Waals surface area contributed by atoms with Crippen LogP contribution in [0.4, 0.5) is 0 Å². The lowest BCUT2D eigenvalue weighted by Gasteiger charge is -2.41. The highest BCUT2D eigenvalue weighted by molar-refractivity contribution is 7.86. The number of aliphatic hydroxyl groups is 1. The Labute approximate surface area is 124 Å². The molecule has 0 spiro atoms. The van der Waals surface area contributed by atoms with E-state index in [4.69, 9.17) is 0 Å². The van der Waals surface area contributed by atoms with Gasteiger partial charge in [-0.25, -0.2) is 0 Å². The van der Waals surface area contributed by atoms with E-state index >= 15 is 0 Å². The molecule has 1 amide bonds. The topological polar surface area (TPSA) is 57.6 Å². The zero-order valence-corrected chi connectivity index (χ0v) is 13.5. The number of hydrogen-bond acceptors (Lipinski definition) is 3. The van der Waals surface area contributed by atoms with Crippen molar-refractivity contribution in [2.24, 2.45) is 0 Å². The number of rotatable bonds is 4. The van der Waals surface area contributed by atoms with Gasteiger partial charge >= 0.3 is 0 Å². The number of hydrogen-bond donors (Lipinski definition) is 1. The van der Waals surface area contributed by atoms with Gasteiger partial charge in [-0.1, -0.05) is 26.7 Å². The lowest BCUT2D eigenvalue weighted by molar-refractivity contribution is -0.136. The first kappa shape index (κ1) is 16.0. The second-order valence-corrected chi connectivity index (χ2v) is 8.33. The molecule has 0 radical (unpaired) electrons. The van der Waals surface area contributed by atoms with Gasteiger partial charge in [-0.3, -0.25) is 9.00 Å². The van der Waals surface area contributed by atoms with E-state index in [-0.39, 0.29) is 17.1 Å². The third-order valence-electron chi connectivity index (χ3n) is 5.16. The Morgan fingerprint density at radius 2 is 1.85 bits per heavy atom. The molecule has 1 saturated carbocycles. The Balaban J connectivity index is 2.02. The van der Waals surface area contributed by atoms with Crippen molar-refractivity contribution in [3.05, 3.63) is 0 Å². The zero-order valence-electron chi connectivity index (χ0n) is 12.7. The van der Waals surface area contributed by atoms with E-state index < -0.39 is 16.4 Å². The standard InChI is InChI=1S/C15H27NO3S/c1-3-15(4-2)12-16(9-10-20(15)19)13(17)11-14(18)7-5-6-8-14/h18H,3-12H2,1-2H3/t20-/m1/s1. The molecular weight excluding hydrogens is 274 g/mol. The second-order valence-electron chi connectivity index (χ2n) is 6.36. The minimum atomic E-state index is -0.845. The summed E-state index contributed by atoms with van der Waals surface area (Å²) in [6.07, 6.45) is 5.43. The smallest absolute Gasteiger partial charge is 0.225 e. The Hall–Kier alpha value is -0.420. The highest BCUT2D eigenvalue weighted by Crippen LogP contribution is 2.34. The Kier molecular flexibility index (Phi) is 4.90. The lowest BCUT2D eigenvalue weighted by Crippen LogP contribution is -2.55. The van der Waals surface area contributed by atoms with E-state index in [9.17, 15) is 14.1 Å². The van der Waals surface area contributed by atoms with Crippen LogP contribution in [0.3, 0.4) is 0 Å². The van der Waals surface area contributed by atoms with Crippen LogP contribution in [0.2, 0.25) is 0 Å². The minimum Gasteiger partial charge on any atom is -0.389 e. The van der Waals surface area contributed by atoms with Crippen LogP contribution in [0.1, 0.15) is 58.8 Å². The largest absolute Gasteiger partial charge is 0.389 e. The molecule has 2 aliphatic rings. The van der Waals surface area contributed by atoms with Crippen molar-refractivity contribution in [3.63, 3.8) is 0 Å². The van der Waals surface area contributed by atoms with Crippen molar-refractivity contribution in [2.45, 2.75) is 69.1 Å². The molecule has 0 unspecified atom stereocenters. The maximum absolute atomic E-state index is 12.5. The molecule has 2 fully saturated rings. The van der Waals surface area contributed by atoms with Gasteiger partial charge in [-0.05, 0) is 25.7 Å². The number of carbonyl (C=O) groups is 1. The Morgan fingerprint density at radius 1 is 1.25 bits per heavy atom. The van der Waals surface area contributed by atoms with Crippen molar-refractivity contribution in [2.75, 3.05) is 18.8 Å². The molecule has 1 atom stereocenters. The predicted octanol–water partition coefficient (Wildman–Crippen LogP) is 1.83. The van der Waals surface area contributed by atoms with E-state index in [1.807, 2.05) is 4.90 Å². The molecule has 0 bridgehead atoms. The summed E-state index contributed by atoms with van der Waals surface area (Å²) < 4.78 is 12.0. The van der Waals surface area contributed by atoms with Gasteiger partial charge in [0.05, 0.1) is 16.8 Å². The Morgan fingerprint density at radius 3 is 2.40 bits per heavy atom. The van der Waals surface area contributed by atoms with Crippen LogP contribution < -0.4 is 0 Å². The molecule has 1 aliphatic carbocycles. The van der Waals surface area contributed by atoms with Gasteiger partial charge in [0.1, 0.15) is 0 Å². The molecule has 1 N–H and O–H groups in total. The zero-order chi connectivity index (χ0) is 14.8. The maximum atomic E-state index is 12.5. The van der Waals surface area contributed by atoms with Crippen LogP contribution in [-0.2, 0) is 15.6 Å². The molecule has 2 rings (SSSR count). The van der Waals surface area contributed by atoms with Crippen LogP contribution >= 0.6 is 0 Å². The van der Waals surface area contributed by atoms with Crippen LogP contribution in [-0.4, -0.2) is 49.3 Å². The van der Waals surface area contributed by atoms with Crippen molar-refractivity contribution in [3.8, 4) is 0 Å². The first-order valence-corrected chi connectivity index (χ1v) is 9.15. The summed E-state index contributed by atoms with van der Waals surface area (Å²) in [7, 11) is -0.845. The van der Waals surface area contributed by atoms with Gasteiger partial charge in [0.2, 0.25) is 5.91 Å². The summed E-state index contributed by atoms with van der Waals surface area (Å²) in [6, 6.07) is 0. The van der Waals surface area contributed by atoms with E-state index in [1.54, 1.807) is 0 Å². The summed E-state index contributed by atoms with van der Waals surface area (Å²) in [5.74, 6) is 0.614. The van der Waals surface area contributed by atoms with Gasteiger partial charge in [0, 0.05) is 29.6 Å². The molecule has 0 aromatic rings. The molecule has 4 nitrogen and oxygen atoms in total. The van der Waals surface area contributed by atoms with Gasteiger partial charge in [-0.15, -0.1) is 0 Å². The third-order valence-corrected chi connectivity index (χ3v) is 7.39. The maximum Gasteiger partial charge on any atom is 0.225 e. The highest BCUT2D eigenvalue weighted by atomic mass is 32.2. The van der Waals surface area contributed by atoms with Gasteiger partial charge in [0.25, 0.3) is 0 Å². The average Bonchev–Trinajstić information content (AvgIpc) is 2.86. The molecule has 0 aromatic carbocycles. The molecule has 20 heavy (non-hydrogen) atoms. The lowest BCUT2D eigenvalue weighted by atomic mass is 9.96. The highest BCUT2D eigenvalue weighted by Gasteiger charge is 2.42. The van der Waals surface area contributed by atoms with E-state index in [0.717, 1.165) is 38.5 Å². The summed E-state index contributed by atoms with van der Waals surface area (Å²) in [6.45, 7) is 5.27. The van der Waals surface area contributed by atoms with Crippen molar-refractivity contribution in [1.82, 2.24) is 4.90 Å². The third kappa shape index (κ3) is 3.08. The predicted molar refractivity (Wildman–Crippen MR) is 80.9 cm³/mol. The quantitative estimate of drug-likeness (QED) is 0.862. The summed E-state index contributed by atoms with van der Waals surface area (Å²) in [4.78, 5) is 14.3. The van der Waals surface area contributed by atoms with Gasteiger partial charge in [0.15, 0.2) is 0 Å². The van der Waals surface area contributed by atoms with Crippen molar-refractivity contribution >= 4 is 16.7 Å². The SMILES string of the molecule is CCC1(CC)CN(C(=O)CC2(O)CCCC2)CC[S@]1=O.